The summed E-state index contributed by atoms with van der Waals surface area (Å²) in [5.74, 6) is -1.13. The van der Waals surface area contributed by atoms with E-state index in [4.69, 9.17) is 9.52 Å². The van der Waals surface area contributed by atoms with Gasteiger partial charge in [0, 0.05) is 22.6 Å². The van der Waals surface area contributed by atoms with Crippen molar-refractivity contribution >= 4 is 29.4 Å². The predicted molar refractivity (Wildman–Crippen MR) is 151 cm³/mol. The number of aromatic nitrogens is 2. The molecule has 0 radical (unpaired) electrons. The summed E-state index contributed by atoms with van der Waals surface area (Å²) in [6.07, 6.45) is 1.52. The quantitative estimate of drug-likeness (QED) is 0.319. The maximum Gasteiger partial charge on any atom is 0.240 e. The Morgan fingerprint density at radius 1 is 1.15 bits per heavy atom. The van der Waals surface area contributed by atoms with Gasteiger partial charge >= 0.3 is 0 Å². The molecular weight excluding hydrogens is 534 g/mol. The van der Waals surface area contributed by atoms with E-state index in [1.54, 1.807) is 16.8 Å². The molecule has 208 valence electrons. The summed E-state index contributed by atoms with van der Waals surface area (Å²) >= 11 is 1.24. The molecule has 7 nitrogen and oxygen atoms in total. The lowest BCUT2D eigenvalue weighted by atomic mass is 9.87. The number of carbonyl (C=O) groups is 2. The van der Waals surface area contributed by atoms with Crippen molar-refractivity contribution in [3.63, 3.8) is 0 Å². The van der Waals surface area contributed by atoms with Gasteiger partial charge in [0.1, 0.15) is 29.8 Å². The molecule has 10 heteroatoms. The molecule has 0 fully saturated rings. The van der Waals surface area contributed by atoms with E-state index in [1.165, 1.54) is 35.1 Å². The van der Waals surface area contributed by atoms with E-state index in [1.807, 2.05) is 52.0 Å². The van der Waals surface area contributed by atoms with Gasteiger partial charge in [-0.25, -0.2) is 13.5 Å². The SMILES string of the molecule is Cc1ccccc1-n1nc(C(C)(C)C)c2c1N(CC(=O)NCc1ccco1)C(=O)CSC2c1ccc(F)cc1F. The number of nitrogens with zero attached hydrogens (tertiary/aromatic N) is 3. The fourth-order valence-electron chi connectivity index (χ4n) is 4.80. The van der Waals surface area contributed by atoms with Crippen LogP contribution in [0.5, 0.6) is 0 Å². The molecule has 0 saturated carbocycles. The summed E-state index contributed by atoms with van der Waals surface area (Å²) in [7, 11) is 0. The largest absolute Gasteiger partial charge is 0.467 e. The first-order chi connectivity index (χ1) is 19.0. The van der Waals surface area contributed by atoms with Gasteiger partial charge in [-0.1, -0.05) is 45.0 Å². The van der Waals surface area contributed by atoms with Crippen LogP contribution in [0.4, 0.5) is 14.6 Å². The molecule has 4 aromatic rings. The number of para-hydroxylation sites is 1. The Kier molecular flexibility index (Phi) is 7.55. The van der Waals surface area contributed by atoms with Crippen molar-refractivity contribution in [1.82, 2.24) is 15.1 Å². The summed E-state index contributed by atoms with van der Waals surface area (Å²) in [6, 6.07) is 14.6. The molecular formula is C30H30F2N4O3S. The molecule has 2 amide bonds. The van der Waals surface area contributed by atoms with Crippen molar-refractivity contribution in [2.45, 2.75) is 44.9 Å². The molecule has 40 heavy (non-hydrogen) atoms. The zero-order valence-electron chi connectivity index (χ0n) is 22.7. The molecule has 1 aliphatic rings. The standard InChI is InChI=1S/C30H30F2N4O3S/c1-18-8-5-6-10-23(18)36-29-26(28(34-36)30(2,3)4)27(21-12-11-19(31)14-22(21)32)40-17-25(38)35(29)16-24(37)33-15-20-9-7-13-39-20/h5-14,27H,15-17H2,1-4H3,(H,33,37). The summed E-state index contributed by atoms with van der Waals surface area (Å²) in [4.78, 5) is 28.3. The number of amides is 2. The number of hydrogen-bond donors (Lipinski definition) is 1. The van der Waals surface area contributed by atoms with Gasteiger partial charge in [-0.3, -0.25) is 14.5 Å². The third kappa shape index (κ3) is 5.40. The average Bonchev–Trinajstić information content (AvgIpc) is 3.53. The third-order valence-electron chi connectivity index (χ3n) is 6.73. The van der Waals surface area contributed by atoms with Crippen LogP contribution >= 0.6 is 11.8 Å². The zero-order valence-corrected chi connectivity index (χ0v) is 23.5. The first-order valence-electron chi connectivity index (χ1n) is 12.9. The van der Waals surface area contributed by atoms with Crippen LogP contribution in [0.25, 0.3) is 5.69 Å². The van der Waals surface area contributed by atoms with Gasteiger partial charge in [-0.05, 0) is 36.8 Å². The van der Waals surface area contributed by atoms with E-state index >= 15 is 4.39 Å². The molecule has 0 bridgehead atoms. The summed E-state index contributed by atoms with van der Waals surface area (Å²) in [5, 5.41) is 7.14. The molecule has 1 aliphatic heterocycles. The number of thioether (sulfide) groups is 1. The van der Waals surface area contributed by atoms with Crippen LogP contribution in [0, 0.1) is 18.6 Å². The number of aryl methyl sites for hydroxylation is 1. The van der Waals surface area contributed by atoms with Crippen LogP contribution in [0.3, 0.4) is 0 Å². The summed E-state index contributed by atoms with van der Waals surface area (Å²) in [6.45, 7) is 7.82. The second-order valence-electron chi connectivity index (χ2n) is 10.7. The van der Waals surface area contributed by atoms with Crippen molar-refractivity contribution in [2.24, 2.45) is 0 Å². The lowest BCUT2D eigenvalue weighted by Gasteiger charge is -2.25. The highest BCUT2D eigenvalue weighted by Gasteiger charge is 2.40. The lowest BCUT2D eigenvalue weighted by molar-refractivity contribution is -0.123. The van der Waals surface area contributed by atoms with Gasteiger partial charge in [-0.2, -0.15) is 5.10 Å². The van der Waals surface area contributed by atoms with Crippen LogP contribution in [0.2, 0.25) is 0 Å². The Hall–Kier alpha value is -3.92. The zero-order chi connectivity index (χ0) is 28.6. The highest BCUT2D eigenvalue weighted by molar-refractivity contribution is 8.00. The highest BCUT2D eigenvalue weighted by Crippen LogP contribution is 2.49. The smallest absolute Gasteiger partial charge is 0.240 e. The molecule has 1 unspecified atom stereocenters. The fraction of sp³-hybridized carbons (Fsp3) is 0.300. The van der Waals surface area contributed by atoms with E-state index in [9.17, 15) is 14.0 Å². The predicted octanol–water partition coefficient (Wildman–Crippen LogP) is 5.84. The minimum atomic E-state index is -0.705. The van der Waals surface area contributed by atoms with Gasteiger partial charge in [0.15, 0.2) is 0 Å². The van der Waals surface area contributed by atoms with Crippen LogP contribution in [0.15, 0.2) is 65.3 Å². The van der Waals surface area contributed by atoms with Crippen molar-refractivity contribution < 1.29 is 22.8 Å². The topological polar surface area (TPSA) is 80.4 Å². The maximum atomic E-state index is 15.3. The van der Waals surface area contributed by atoms with Gasteiger partial charge in [-0.15, -0.1) is 11.8 Å². The first kappa shape index (κ1) is 27.6. The van der Waals surface area contributed by atoms with E-state index in [0.29, 0.717) is 22.8 Å². The Balaban J connectivity index is 1.70. The molecule has 2 aromatic heterocycles. The summed E-state index contributed by atoms with van der Waals surface area (Å²) in [5.41, 5.74) is 2.66. The number of fused-ring (bicyclic) bond motifs is 1. The number of rotatable bonds is 6. The Morgan fingerprint density at radius 2 is 1.93 bits per heavy atom. The number of benzene rings is 2. The van der Waals surface area contributed by atoms with Crippen LogP contribution < -0.4 is 10.2 Å². The molecule has 0 spiro atoms. The Bertz CT molecular complexity index is 1560. The number of halogens is 2. The number of anilines is 1. The molecule has 0 aliphatic carbocycles. The molecule has 1 atom stereocenters. The van der Waals surface area contributed by atoms with Crippen molar-refractivity contribution in [2.75, 3.05) is 17.2 Å². The lowest BCUT2D eigenvalue weighted by Crippen LogP contribution is -2.42. The second kappa shape index (κ2) is 10.9. The van der Waals surface area contributed by atoms with Gasteiger partial charge < -0.3 is 9.73 Å². The molecule has 1 N–H and O–H groups in total. The number of furan rings is 1. The minimum Gasteiger partial charge on any atom is -0.467 e. The number of nitrogens with one attached hydrogen (secondary N) is 1. The van der Waals surface area contributed by atoms with E-state index in [-0.39, 0.29) is 36.2 Å². The number of hydrogen-bond acceptors (Lipinski definition) is 5. The van der Waals surface area contributed by atoms with Gasteiger partial charge in [0.2, 0.25) is 11.8 Å². The molecule has 5 rings (SSSR count). The van der Waals surface area contributed by atoms with Crippen molar-refractivity contribution in [3.8, 4) is 5.69 Å². The van der Waals surface area contributed by atoms with Crippen LogP contribution in [-0.4, -0.2) is 33.9 Å². The van der Waals surface area contributed by atoms with Crippen LogP contribution in [0.1, 0.15) is 54.2 Å². The third-order valence-corrected chi connectivity index (χ3v) is 7.97. The Labute approximate surface area is 235 Å². The molecule has 2 aromatic carbocycles. The van der Waals surface area contributed by atoms with E-state index in [2.05, 4.69) is 5.32 Å². The van der Waals surface area contributed by atoms with E-state index in [0.717, 1.165) is 17.3 Å². The maximum absolute atomic E-state index is 15.3. The average molecular weight is 565 g/mol. The normalized spacial score (nSPS) is 15.6. The van der Waals surface area contributed by atoms with Gasteiger partial charge in [0.05, 0.1) is 35.2 Å². The second-order valence-corrected chi connectivity index (χ2v) is 11.8. The van der Waals surface area contributed by atoms with Gasteiger partial charge in [0.25, 0.3) is 0 Å². The highest BCUT2D eigenvalue weighted by atomic mass is 32.2. The van der Waals surface area contributed by atoms with E-state index < -0.39 is 22.3 Å². The molecule has 3 heterocycles. The number of carbonyl (C=O) groups excluding carboxylic acids is 2. The molecule has 0 saturated heterocycles. The monoisotopic (exact) mass is 564 g/mol. The van der Waals surface area contributed by atoms with Crippen molar-refractivity contribution in [3.05, 3.63) is 101 Å². The van der Waals surface area contributed by atoms with Crippen LogP contribution in [-0.2, 0) is 21.5 Å². The minimum absolute atomic E-state index is 0.0149. The Morgan fingerprint density at radius 3 is 2.60 bits per heavy atom. The van der Waals surface area contributed by atoms with Crippen molar-refractivity contribution in [1.29, 1.82) is 0 Å². The fourth-order valence-corrected chi connectivity index (χ4v) is 6.02. The first-order valence-corrected chi connectivity index (χ1v) is 13.9. The summed E-state index contributed by atoms with van der Waals surface area (Å²) < 4.78 is 36.2.